The van der Waals surface area contributed by atoms with Crippen molar-refractivity contribution in [3.63, 3.8) is 0 Å². The summed E-state index contributed by atoms with van der Waals surface area (Å²) in [5.74, 6) is -1.41. The van der Waals surface area contributed by atoms with E-state index in [2.05, 4.69) is 14.7 Å². The van der Waals surface area contributed by atoms with Crippen LogP contribution >= 0.6 is 23.1 Å². The summed E-state index contributed by atoms with van der Waals surface area (Å²) in [6.07, 6.45) is 1.24. The number of hydrogen-bond acceptors (Lipinski definition) is 10. The Labute approximate surface area is 216 Å². The SMILES string of the molecule is COc1cc(C=C(C#N)C(=O)Nc2nc(S(=O)(=O)C(C)C)ns2)cc(Cl)c1OC(=O)c1ccccc1. The number of nitrogens with one attached hydrogen (secondary N) is 1. The van der Waals surface area contributed by atoms with Gasteiger partial charge in [0.1, 0.15) is 11.6 Å². The monoisotopic (exact) mass is 546 g/mol. The van der Waals surface area contributed by atoms with Gasteiger partial charge >= 0.3 is 5.97 Å². The third-order valence-corrected chi connectivity index (χ3v) is 7.59. The molecule has 0 radical (unpaired) electrons. The molecule has 13 heteroatoms. The summed E-state index contributed by atoms with van der Waals surface area (Å²) >= 11 is 6.98. The number of hydrogen-bond donors (Lipinski definition) is 1. The third-order valence-electron chi connectivity index (χ3n) is 4.64. The Bertz CT molecular complexity index is 1480. The molecule has 36 heavy (non-hydrogen) atoms. The van der Waals surface area contributed by atoms with Gasteiger partial charge in [0.25, 0.3) is 11.1 Å². The zero-order chi connectivity index (χ0) is 26.5. The van der Waals surface area contributed by atoms with Crippen molar-refractivity contribution < 1.29 is 27.5 Å². The van der Waals surface area contributed by atoms with Gasteiger partial charge in [-0.15, -0.1) is 0 Å². The van der Waals surface area contributed by atoms with Crippen LogP contribution in [-0.2, 0) is 14.6 Å². The molecular formula is C23H19ClN4O6S2. The summed E-state index contributed by atoms with van der Waals surface area (Å²) in [5.41, 5.74) is 0.290. The Kier molecular flexibility index (Phi) is 8.41. The lowest BCUT2D eigenvalue weighted by molar-refractivity contribution is -0.112. The Balaban J connectivity index is 1.84. The minimum absolute atomic E-state index is 0.00948. The van der Waals surface area contributed by atoms with Crippen LogP contribution in [0, 0.1) is 11.3 Å². The Hall–Kier alpha value is -3.79. The fourth-order valence-corrected chi connectivity index (χ4v) is 4.67. The van der Waals surface area contributed by atoms with Crippen LogP contribution in [0.1, 0.15) is 29.8 Å². The van der Waals surface area contributed by atoms with Gasteiger partial charge in [0.15, 0.2) is 11.5 Å². The molecule has 3 rings (SSSR count). The van der Waals surface area contributed by atoms with E-state index in [9.17, 15) is 23.3 Å². The van der Waals surface area contributed by atoms with Gasteiger partial charge < -0.3 is 9.47 Å². The predicted octanol–water partition coefficient (Wildman–Crippen LogP) is 4.15. The second-order valence-electron chi connectivity index (χ2n) is 7.39. The predicted molar refractivity (Wildman–Crippen MR) is 134 cm³/mol. The van der Waals surface area contributed by atoms with Crippen molar-refractivity contribution in [2.75, 3.05) is 12.4 Å². The zero-order valence-electron chi connectivity index (χ0n) is 19.2. The van der Waals surface area contributed by atoms with Crippen LogP contribution in [0.5, 0.6) is 11.5 Å². The van der Waals surface area contributed by atoms with Crippen LogP contribution in [0.15, 0.2) is 53.2 Å². The maximum Gasteiger partial charge on any atom is 0.343 e. The highest BCUT2D eigenvalue weighted by molar-refractivity contribution is 7.91. The molecule has 2 aromatic carbocycles. The summed E-state index contributed by atoms with van der Waals surface area (Å²) in [4.78, 5) is 28.9. The number of methoxy groups -OCH3 is 1. The van der Waals surface area contributed by atoms with Gasteiger partial charge in [-0.05, 0) is 49.8 Å². The molecule has 0 unspecified atom stereocenters. The Morgan fingerprint density at radius 2 is 1.92 bits per heavy atom. The highest BCUT2D eigenvalue weighted by Gasteiger charge is 2.25. The van der Waals surface area contributed by atoms with E-state index in [1.54, 1.807) is 36.4 Å². The standard InChI is InChI=1S/C23H19ClN4O6S2/c1-13(2)36(31,32)23-27-22(35-28-23)26-20(29)16(12-25)9-14-10-17(24)19(18(11-14)33-3)34-21(30)15-7-5-4-6-8-15/h4-11,13H,1-3H3,(H,26,27,28,29). The Morgan fingerprint density at radius 1 is 1.22 bits per heavy atom. The van der Waals surface area contributed by atoms with Crippen LogP contribution in [0.4, 0.5) is 5.13 Å². The quantitative estimate of drug-likeness (QED) is 0.190. The number of ether oxygens (including phenoxy) is 2. The molecular weight excluding hydrogens is 528 g/mol. The van der Waals surface area contributed by atoms with Crippen molar-refractivity contribution in [1.82, 2.24) is 9.36 Å². The molecule has 10 nitrogen and oxygen atoms in total. The van der Waals surface area contributed by atoms with E-state index in [1.165, 1.54) is 39.2 Å². The number of nitrogens with zero attached hydrogens (tertiary/aromatic N) is 3. The molecule has 0 aliphatic rings. The largest absolute Gasteiger partial charge is 0.493 e. The van der Waals surface area contributed by atoms with E-state index < -0.39 is 32.1 Å². The highest BCUT2D eigenvalue weighted by atomic mass is 35.5. The van der Waals surface area contributed by atoms with E-state index in [4.69, 9.17) is 21.1 Å². The lowest BCUT2D eigenvalue weighted by Gasteiger charge is -2.12. The summed E-state index contributed by atoms with van der Waals surface area (Å²) in [7, 11) is -2.37. The molecule has 1 N–H and O–H groups in total. The number of nitriles is 1. The molecule has 0 aliphatic carbocycles. The molecule has 0 spiro atoms. The topological polar surface area (TPSA) is 148 Å². The normalized spacial score (nSPS) is 11.6. The smallest absolute Gasteiger partial charge is 0.343 e. The van der Waals surface area contributed by atoms with E-state index in [0.717, 1.165) is 0 Å². The van der Waals surface area contributed by atoms with Gasteiger partial charge in [0, 0.05) is 11.5 Å². The van der Waals surface area contributed by atoms with E-state index >= 15 is 0 Å². The average Bonchev–Trinajstić information content (AvgIpc) is 3.33. The van der Waals surface area contributed by atoms with Crippen LogP contribution in [0.25, 0.3) is 6.08 Å². The number of anilines is 1. The molecule has 0 bridgehead atoms. The van der Waals surface area contributed by atoms with Crippen molar-refractivity contribution in [2.24, 2.45) is 0 Å². The minimum atomic E-state index is -3.72. The first kappa shape index (κ1) is 26.8. The zero-order valence-corrected chi connectivity index (χ0v) is 21.6. The van der Waals surface area contributed by atoms with Crippen LogP contribution < -0.4 is 14.8 Å². The van der Waals surface area contributed by atoms with Crippen molar-refractivity contribution >= 4 is 56.1 Å². The summed E-state index contributed by atoms with van der Waals surface area (Å²) < 4.78 is 38.8. The van der Waals surface area contributed by atoms with Gasteiger partial charge in [0.05, 0.1) is 22.9 Å². The molecule has 186 valence electrons. The number of halogens is 1. The van der Waals surface area contributed by atoms with Gasteiger partial charge in [-0.2, -0.15) is 14.6 Å². The van der Waals surface area contributed by atoms with Gasteiger partial charge in [0.2, 0.25) is 15.0 Å². The molecule has 0 fully saturated rings. The molecule has 0 saturated heterocycles. The molecule has 0 saturated carbocycles. The highest BCUT2D eigenvalue weighted by Crippen LogP contribution is 2.37. The van der Waals surface area contributed by atoms with Crippen molar-refractivity contribution in [1.29, 1.82) is 5.26 Å². The number of sulfone groups is 1. The molecule has 0 aliphatic heterocycles. The lowest BCUT2D eigenvalue weighted by Crippen LogP contribution is -2.16. The maximum absolute atomic E-state index is 12.6. The van der Waals surface area contributed by atoms with Crippen molar-refractivity contribution in [2.45, 2.75) is 24.3 Å². The number of esters is 1. The average molecular weight is 547 g/mol. The fourth-order valence-electron chi connectivity index (χ4n) is 2.71. The number of amides is 1. The number of benzene rings is 2. The minimum Gasteiger partial charge on any atom is -0.493 e. The summed E-state index contributed by atoms with van der Waals surface area (Å²) in [5, 5.41) is 10.6. The molecule has 1 aromatic heterocycles. The first-order valence-electron chi connectivity index (χ1n) is 10.2. The summed E-state index contributed by atoms with van der Waals surface area (Å²) in [6.45, 7) is 2.97. The van der Waals surface area contributed by atoms with E-state index in [1.807, 2.05) is 0 Å². The number of carbonyl (C=O) groups excluding carboxylic acids is 2. The Morgan fingerprint density at radius 3 is 2.53 bits per heavy atom. The summed E-state index contributed by atoms with van der Waals surface area (Å²) in [6, 6.07) is 12.9. The second-order valence-corrected chi connectivity index (χ2v) is 10.9. The molecule has 1 heterocycles. The molecule has 1 amide bonds. The lowest BCUT2D eigenvalue weighted by atomic mass is 10.1. The number of carbonyl (C=O) groups is 2. The third kappa shape index (κ3) is 6.06. The first-order chi connectivity index (χ1) is 17.1. The molecule has 3 aromatic rings. The maximum atomic E-state index is 12.6. The fraction of sp³-hybridized carbons (Fsp3) is 0.174. The van der Waals surface area contributed by atoms with E-state index in [0.29, 0.717) is 22.7 Å². The van der Waals surface area contributed by atoms with Gasteiger partial charge in [-0.1, -0.05) is 29.8 Å². The number of rotatable bonds is 8. The number of aromatic nitrogens is 2. The molecule has 0 atom stereocenters. The van der Waals surface area contributed by atoms with Crippen LogP contribution in [-0.4, -0.2) is 42.0 Å². The van der Waals surface area contributed by atoms with E-state index in [-0.39, 0.29) is 27.2 Å². The van der Waals surface area contributed by atoms with Crippen molar-refractivity contribution in [3.8, 4) is 17.6 Å². The van der Waals surface area contributed by atoms with Crippen LogP contribution in [0.3, 0.4) is 0 Å². The first-order valence-corrected chi connectivity index (χ1v) is 12.9. The van der Waals surface area contributed by atoms with Crippen LogP contribution in [0.2, 0.25) is 5.02 Å². The van der Waals surface area contributed by atoms with Crippen molar-refractivity contribution in [3.05, 3.63) is 64.2 Å². The second kappa shape index (κ2) is 11.3. The van der Waals surface area contributed by atoms with Gasteiger partial charge in [-0.25, -0.2) is 13.2 Å². The van der Waals surface area contributed by atoms with Gasteiger partial charge in [-0.3, -0.25) is 10.1 Å².